The molecule has 2 aromatic rings. The maximum absolute atomic E-state index is 12.8. The number of nitrogens with one attached hydrogen (secondary N) is 1. The number of hydrogen-bond donors (Lipinski definition) is 2. The summed E-state index contributed by atoms with van der Waals surface area (Å²) < 4.78 is 44.2. The summed E-state index contributed by atoms with van der Waals surface area (Å²) in [4.78, 5) is 10.3. The Bertz CT molecular complexity index is 757. The molecule has 8 heteroatoms. The van der Waals surface area contributed by atoms with Crippen LogP contribution in [0.15, 0.2) is 53.4 Å². The molecule has 0 heterocycles. The van der Waals surface area contributed by atoms with Crippen molar-refractivity contribution >= 4 is 21.7 Å². The van der Waals surface area contributed by atoms with Gasteiger partial charge in [-0.15, -0.1) is 0 Å². The molecule has 0 saturated heterocycles. The van der Waals surface area contributed by atoms with E-state index >= 15 is 0 Å². The summed E-state index contributed by atoms with van der Waals surface area (Å²) in [5.74, 6) is -1.36. The zero-order valence-electron chi connectivity index (χ0n) is 11.2. The molecule has 22 heavy (non-hydrogen) atoms. The van der Waals surface area contributed by atoms with E-state index < -0.39 is 28.4 Å². The Balaban J connectivity index is 2.12. The predicted octanol–water partition coefficient (Wildman–Crippen LogP) is 2.09. The Morgan fingerprint density at radius 3 is 2.23 bits per heavy atom. The third-order valence-corrected chi connectivity index (χ3v) is 3.99. The second kappa shape index (κ2) is 6.44. The number of carboxylic acid groups (broad SMARTS) is 1. The SMILES string of the molecule is O=C(O)COc1ccc(S(=O)(=O)Nc2ccc(F)cc2)cc1. The van der Waals surface area contributed by atoms with Gasteiger partial charge in [0.25, 0.3) is 10.0 Å². The number of sulfonamides is 1. The van der Waals surface area contributed by atoms with Gasteiger partial charge in [-0.3, -0.25) is 4.72 Å². The highest BCUT2D eigenvalue weighted by molar-refractivity contribution is 7.92. The molecule has 2 aromatic carbocycles. The molecule has 116 valence electrons. The minimum atomic E-state index is -3.82. The molecule has 2 N–H and O–H groups in total. The molecule has 0 unspecified atom stereocenters. The summed E-state index contributed by atoms with van der Waals surface area (Å²) in [5.41, 5.74) is 0.229. The van der Waals surface area contributed by atoms with Gasteiger partial charge >= 0.3 is 5.97 Å². The van der Waals surface area contributed by atoms with Crippen LogP contribution in [0, 0.1) is 5.82 Å². The number of rotatable bonds is 6. The summed E-state index contributed by atoms with van der Waals surface area (Å²) in [7, 11) is -3.82. The van der Waals surface area contributed by atoms with Crippen molar-refractivity contribution in [3.8, 4) is 5.75 Å². The first kappa shape index (κ1) is 15.8. The van der Waals surface area contributed by atoms with E-state index in [-0.39, 0.29) is 16.3 Å². The lowest BCUT2D eigenvalue weighted by atomic mass is 10.3. The van der Waals surface area contributed by atoms with Gasteiger partial charge in [0.05, 0.1) is 4.90 Å². The number of aliphatic carboxylic acids is 1. The largest absolute Gasteiger partial charge is 0.482 e. The van der Waals surface area contributed by atoms with Gasteiger partial charge in [0.2, 0.25) is 0 Å². The third kappa shape index (κ3) is 4.19. The number of hydrogen-bond acceptors (Lipinski definition) is 4. The molecule has 0 aliphatic heterocycles. The van der Waals surface area contributed by atoms with Crippen molar-refractivity contribution in [1.29, 1.82) is 0 Å². The minimum Gasteiger partial charge on any atom is -0.482 e. The highest BCUT2D eigenvalue weighted by atomic mass is 32.2. The fourth-order valence-electron chi connectivity index (χ4n) is 1.59. The molecule has 0 aliphatic rings. The van der Waals surface area contributed by atoms with Crippen molar-refractivity contribution < 1.29 is 27.4 Å². The van der Waals surface area contributed by atoms with Crippen molar-refractivity contribution in [2.45, 2.75) is 4.90 Å². The predicted molar refractivity (Wildman–Crippen MR) is 76.8 cm³/mol. The Hall–Kier alpha value is -2.61. The molecule has 0 bridgehead atoms. The average molecular weight is 325 g/mol. The molecule has 0 amide bonds. The number of benzene rings is 2. The van der Waals surface area contributed by atoms with Gasteiger partial charge in [0.1, 0.15) is 11.6 Å². The quantitative estimate of drug-likeness (QED) is 0.848. The van der Waals surface area contributed by atoms with E-state index in [4.69, 9.17) is 9.84 Å². The normalized spacial score (nSPS) is 11.0. The summed E-state index contributed by atoms with van der Waals surface area (Å²) in [6, 6.07) is 10.1. The van der Waals surface area contributed by atoms with E-state index in [2.05, 4.69) is 4.72 Å². The van der Waals surface area contributed by atoms with Crippen LogP contribution in [0.3, 0.4) is 0 Å². The zero-order valence-corrected chi connectivity index (χ0v) is 12.0. The average Bonchev–Trinajstić information content (AvgIpc) is 2.48. The lowest BCUT2D eigenvalue weighted by molar-refractivity contribution is -0.139. The molecular weight excluding hydrogens is 313 g/mol. The maximum atomic E-state index is 12.8. The number of ether oxygens (including phenoxy) is 1. The lowest BCUT2D eigenvalue weighted by Gasteiger charge is -2.09. The molecular formula is C14H12FNO5S. The molecule has 0 radical (unpaired) electrons. The van der Waals surface area contributed by atoms with Gasteiger partial charge in [-0.05, 0) is 48.5 Å². The molecule has 0 aliphatic carbocycles. The van der Waals surface area contributed by atoms with Crippen LogP contribution in [0.2, 0.25) is 0 Å². The first-order valence-corrected chi connectivity index (χ1v) is 7.58. The molecule has 2 rings (SSSR count). The van der Waals surface area contributed by atoms with Crippen LogP contribution in [-0.4, -0.2) is 26.1 Å². The van der Waals surface area contributed by atoms with Crippen LogP contribution in [0.25, 0.3) is 0 Å². The van der Waals surface area contributed by atoms with E-state index in [1.165, 1.54) is 36.4 Å². The van der Waals surface area contributed by atoms with Crippen molar-refractivity contribution in [3.05, 3.63) is 54.3 Å². The highest BCUT2D eigenvalue weighted by Gasteiger charge is 2.14. The van der Waals surface area contributed by atoms with Crippen LogP contribution in [0.5, 0.6) is 5.75 Å². The number of anilines is 1. The molecule has 0 atom stereocenters. The highest BCUT2D eigenvalue weighted by Crippen LogP contribution is 2.19. The molecule has 0 spiro atoms. The number of carbonyl (C=O) groups is 1. The fraction of sp³-hybridized carbons (Fsp3) is 0.0714. The van der Waals surface area contributed by atoms with Crippen molar-refractivity contribution in [2.75, 3.05) is 11.3 Å². The first-order valence-electron chi connectivity index (χ1n) is 6.10. The smallest absolute Gasteiger partial charge is 0.341 e. The Kier molecular flexibility index (Phi) is 4.62. The van der Waals surface area contributed by atoms with Crippen LogP contribution in [-0.2, 0) is 14.8 Å². The van der Waals surface area contributed by atoms with Gasteiger partial charge in [0, 0.05) is 5.69 Å². The van der Waals surface area contributed by atoms with Gasteiger partial charge in [-0.1, -0.05) is 0 Å². The van der Waals surface area contributed by atoms with Crippen LogP contribution >= 0.6 is 0 Å². The molecule has 6 nitrogen and oxygen atoms in total. The van der Waals surface area contributed by atoms with E-state index in [1.54, 1.807) is 0 Å². The molecule has 0 fully saturated rings. The molecule has 0 aromatic heterocycles. The van der Waals surface area contributed by atoms with E-state index in [9.17, 15) is 17.6 Å². The summed E-state index contributed by atoms with van der Waals surface area (Å²) in [6.07, 6.45) is 0. The standard InChI is InChI=1S/C14H12FNO5S/c15-10-1-3-11(4-2-10)16-22(19,20)13-7-5-12(6-8-13)21-9-14(17)18/h1-8,16H,9H2,(H,17,18). The summed E-state index contributed by atoms with van der Waals surface area (Å²) >= 11 is 0. The second-order valence-electron chi connectivity index (χ2n) is 4.27. The lowest BCUT2D eigenvalue weighted by Crippen LogP contribution is -2.13. The third-order valence-electron chi connectivity index (χ3n) is 2.59. The van der Waals surface area contributed by atoms with E-state index in [1.807, 2.05) is 0 Å². The van der Waals surface area contributed by atoms with Gasteiger partial charge in [-0.2, -0.15) is 0 Å². The van der Waals surface area contributed by atoms with Gasteiger partial charge in [-0.25, -0.2) is 17.6 Å². The maximum Gasteiger partial charge on any atom is 0.341 e. The summed E-state index contributed by atoms with van der Waals surface area (Å²) in [5, 5.41) is 8.48. The first-order chi connectivity index (χ1) is 10.4. The summed E-state index contributed by atoms with van der Waals surface area (Å²) in [6.45, 7) is -0.514. The van der Waals surface area contributed by atoms with Crippen LogP contribution < -0.4 is 9.46 Å². The Morgan fingerprint density at radius 2 is 1.68 bits per heavy atom. The Labute approximate surface area is 126 Å². The minimum absolute atomic E-state index is 0.0282. The Morgan fingerprint density at radius 1 is 1.09 bits per heavy atom. The monoisotopic (exact) mass is 325 g/mol. The van der Waals surface area contributed by atoms with Gasteiger partial charge < -0.3 is 9.84 Å². The zero-order chi connectivity index (χ0) is 16.2. The number of halogens is 1. The van der Waals surface area contributed by atoms with Crippen LogP contribution in [0.4, 0.5) is 10.1 Å². The van der Waals surface area contributed by atoms with E-state index in [0.29, 0.717) is 0 Å². The second-order valence-corrected chi connectivity index (χ2v) is 5.95. The topological polar surface area (TPSA) is 92.7 Å². The fourth-order valence-corrected chi connectivity index (χ4v) is 2.65. The number of carboxylic acids is 1. The van der Waals surface area contributed by atoms with E-state index in [0.717, 1.165) is 12.1 Å². The van der Waals surface area contributed by atoms with Crippen molar-refractivity contribution in [3.63, 3.8) is 0 Å². The van der Waals surface area contributed by atoms with Crippen molar-refractivity contribution in [2.24, 2.45) is 0 Å². The molecule has 0 saturated carbocycles. The van der Waals surface area contributed by atoms with Crippen LogP contribution in [0.1, 0.15) is 0 Å². The van der Waals surface area contributed by atoms with Crippen molar-refractivity contribution in [1.82, 2.24) is 0 Å². The van der Waals surface area contributed by atoms with Gasteiger partial charge in [0.15, 0.2) is 6.61 Å².